The molecule has 3 rings (SSSR count). The fourth-order valence-electron chi connectivity index (χ4n) is 2.46. The zero-order valence-corrected chi connectivity index (χ0v) is 15.5. The number of carbonyl (C=O) groups excluding carboxylic acids is 2. The van der Waals surface area contributed by atoms with E-state index in [4.69, 9.17) is 4.74 Å². The van der Waals surface area contributed by atoms with Crippen LogP contribution in [0.2, 0.25) is 0 Å². The molecular formula is C21H16F3N3O3. The maximum atomic E-state index is 13.6. The van der Waals surface area contributed by atoms with Crippen LogP contribution in [0.15, 0.2) is 60.9 Å². The summed E-state index contributed by atoms with van der Waals surface area (Å²) >= 11 is 0. The van der Waals surface area contributed by atoms with Gasteiger partial charge in [0.05, 0.1) is 12.2 Å². The molecule has 0 saturated carbocycles. The van der Waals surface area contributed by atoms with Crippen LogP contribution in [0, 0.1) is 17.5 Å². The van der Waals surface area contributed by atoms with Crippen LogP contribution < -0.4 is 15.4 Å². The van der Waals surface area contributed by atoms with Gasteiger partial charge in [-0.05, 0) is 36.4 Å². The molecule has 2 N–H and O–H groups in total. The smallest absolute Gasteiger partial charge is 0.251 e. The standard InChI is InChI=1S/C21H16F3N3O3/c22-16-6-7-17(20(24)19(16)23)27-18(28)11-26-21(29)14-4-1-5-15(9-14)30-12-13-3-2-8-25-10-13/h1-10H,11-12H2,(H,26,29)(H,27,28). The van der Waals surface area contributed by atoms with Gasteiger partial charge < -0.3 is 15.4 Å². The molecule has 0 fully saturated rings. The van der Waals surface area contributed by atoms with Crippen molar-refractivity contribution in [2.24, 2.45) is 0 Å². The van der Waals surface area contributed by atoms with Crippen LogP contribution in [-0.4, -0.2) is 23.3 Å². The quantitative estimate of drug-likeness (QED) is 0.580. The van der Waals surface area contributed by atoms with Gasteiger partial charge in [-0.15, -0.1) is 0 Å². The lowest BCUT2D eigenvalue weighted by atomic mass is 10.2. The number of aromatic nitrogens is 1. The van der Waals surface area contributed by atoms with Gasteiger partial charge in [0.1, 0.15) is 12.4 Å². The van der Waals surface area contributed by atoms with E-state index >= 15 is 0 Å². The second-order valence-corrected chi connectivity index (χ2v) is 6.13. The molecule has 0 atom stereocenters. The van der Waals surface area contributed by atoms with Crippen molar-refractivity contribution in [3.8, 4) is 5.75 Å². The summed E-state index contributed by atoms with van der Waals surface area (Å²) in [6.07, 6.45) is 3.30. The molecule has 0 bridgehead atoms. The molecule has 2 aromatic carbocycles. The lowest BCUT2D eigenvalue weighted by Gasteiger charge is -2.10. The normalized spacial score (nSPS) is 10.4. The fourth-order valence-corrected chi connectivity index (χ4v) is 2.46. The zero-order chi connectivity index (χ0) is 21.5. The minimum Gasteiger partial charge on any atom is -0.489 e. The first kappa shape index (κ1) is 20.8. The Kier molecular flexibility index (Phi) is 6.63. The van der Waals surface area contributed by atoms with Crippen LogP contribution in [-0.2, 0) is 11.4 Å². The number of rotatable bonds is 7. The molecule has 30 heavy (non-hydrogen) atoms. The van der Waals surface area contributed by atoms with Crippen LogP contribution in [0.5, 0.6) is 5.75 Å². The van der Waals surface area contributed by atoms with Crippen molar-refractivity contribution in [1.29, 1.82) is 0 Å². The van der Waals surface area contributed by atoms with Crippen LogP contribution in [0.25, 0.3) is 0 Å². The van der Waals surface area contributed by atoms with Gasteiger partial charge >= 0.3 is 0 Å². The number of amides is 2. The Hall–Kier alpha value is -3.88. The van der Waals surface area contributed by atoms with Gasteiger partial charge in [0.2, 0.25) is 5.91 Å². The second-order valence-electron chi connectivity index (χ2n) is 6.13. The summed E-state index contributed by atoms with van der Waals surface area (Å²) in [6, 6.07) is 11.5. The Balaban J connectivity index is 1.54. The highest BCUT2D eigenvalue weighted by molar-refractivity contribution is 5.99. The molecule has 2 amide bonds. The molecule has 0 spiro atoms. The number of hydrogen-bond donors (Lipinski definition) is 2. The molecule has 6 nitrogen and oxygen atoms in total. The molecule has 1 heterocycles. The maximum Gasteiger partial charge on any atom is 0.251 e. The molecular weight excluding hydrogens is 399 g/mol. The predicted molar refractivity (Wildman–Crippen MR) is 102 cm³/mol. The molecule has 0 unspecified atom stereocenters. The van der Waals surface area contributed by atoms with Crippen molar-refractivity contribution < 1.29 is 27.5 Å². The SMILES string of the molecule is O=C(CNC(=O)c1cccc(OCc2cccnc2)c1)Nc1ccc(F)c(F)c1F. The summed E-state index contributed by atoms with van der Waals surface area (Å²) in [5.74, 6) is -5.52. The lowest BCUT2D eigenvalue weighted by molar-refractivity contribution is -0.115. The number of nitrogens with one attached hydrogen (secondary N) is 2. The number of nitrogens with zero attached hydrogens (tertiary/aromatic N) is 1. The number of carbonyl (C=O) groups is 2. The lowest BCUT2D eigenvalue weighted by Crippen LogP contribution is -2.33. The molecule has 9 heteroatoms. The van der Waals surface area contributed by atoms with Gasteiger partial charge in [-0.2, -0.15) is 0 Å². The minimum absolute atomic E-state index is 0.241. The third kappa shape index (κ3) is 5.34. The Labute approximate surface area is 169 Å². The first-order valence-corrected chi connectivity index (χ1v) is 8.77. The van der Waals surface area contributed by atoms with Gasteiger partial charge in [-0.1, -0.05) is 12.1 Å². The number of benzene rings is 2. The fraction of sp³-hybridized carbons (Fsp3) is 0.0952. The summed E-state index contributed by atoms with van der Waals surface area (Å²) in [4.78, 5) is 28.1. The largest absolute Gasteiger partial charge is 0.489 e. The average Bonchev–Trinajstić information content (AvgIpc) is 2.77. The van der Waals surface area contributed by atoms with Crippen molar-refractivity contribution in [3.05, 3.63) is 89.5 Å². The van der Waals surface area contributed by atoms with Crippen molar-refractivity contribution in [1.82, 2.24) is 10.3 Å². The third-order valence-electron chi connectivity index (χ3n) is 3.94. The third-order valence-corrected chi connectivity index (χ3v) is 3.94. The summed E-state index contributed by atoms with van der Waals surface area (Å²) in [5, 5.41) is 4.43. The van der Waals surface area contributed by atoms with E-state index in [0.29, 0.717) is 11.8 Å². The first-order chi connectivity index (χ1) is 14.4. The van der Waals surface area contributed by atoms with E-state index in [1.807, 2.05) is 6.07 Å². The van der Waals surface area contributed by atoms with Crippen LogP contribution in [0.1, 0.15) is 15.9 Å². The maximum absolute atomic E-state index is 13.6. The first-order valence-electron chi connectivity index (χ1n) is 8.77. The summed E-state index contributed by atoms with van der Waals surface area (Å²) in [7, 11) is 0. The summed E-state index contributed by atoms with van der Waals surface area (Å²) < 4.78 is 45.3. The highest BCUT2D eigenvalue weighted by Crippen LogP contribution is 2.19. The summed E-state index contributed by atoms with van der Waals surface area (Å²) in [6.45, 7) is -0.237. The zero-order valence-electron chi connectivity index (χ0n) is 15.5. The van der Waals surface area contributed by atoms with E-state index in [0.717, 1.165) is 11.6 Å². The van der Waals surface area contributed by atoms with E-state index in [9.17, 15) is 22.8 Å². The molecule has 0 radical (unpaired) electrons. The number of hydrogen-bond acceptors (Lipinski definition) is 4. The van der Waals surface area contributed by atoms with Gasteiger partial charge in [0.15, 0.2) is 17.5 Å². The van der Waals surface area contributed by atoms with Crippen LogP contribution in [0.4, 0.5) is 18.9 Å². The molecule has 1 aromatic heterocycles. The van der Waals surface area contributed by atoms with Crippen molar-refractivity contribution in [3.63, 3.8) is 0 Å². The van der Waals surface area contributed by atoms with Crippen molar-refractivity contribution >= 4 is 17.5 Å². The highest BCUT2D eigenvalue weighted by atomic mass is 19.2. The van der Waals surface area contributed by atoms with Crippen molar-refractivity contribution in [2.45, 2.75) is 6.61 Å². The van der Waals surface area contributed by atoms with Gasteiger partial charge in [-0.3, -0.25) is 14.6 Å². The van der Waals surface area contributed by atoms with Gasteiger partial charge in [0.25, 0.3) is 5.91 Å². The molecule has 0 aliphatic rings. The molecule has 0 saturated heterocycles. The Bertz CT molecular complexity index is 1060. The summed E-state index contributed by atoms with van der Waals surface area (Å²) in [5.41, 5.74) is 0.568. The van der Waals surface area contributed by atoms with E-state index in [1.165, 1.54) is 12.1 Å². The van der Waals surface area contributed by atoms with E-state index in [2.05, 4.69) is 15.6 Å². The number of halogens is 3. The molecule has 3 aromatic rings. The topological polar surface area (TPSA) is 80.3 Å². The van der Waals surface area contributed by atoms with Crippen LogP contribution >= 0.6 is 0 Å². The second kappa shape index (κ2) is 9.55. The average molecular weight is 415 g/mol. The van der Waals surface area contributed by atoms with Gasteiger partial charge in [-0.25, -0.2) is 13.2 Å². The Morgan fingerprint density at radius 3 is 2.60 bits per heavy atom. The van der Waals surface area contributed by atoms with E-state index < -0.39 is 41.5 Å². The van der Waals surface area contributed by atoms with Gasteiger partial charge in [0, 0.05) is 23.5 Å². The number of pyridine rings is 1. The number of ether oxygens (including phenoxy) is 1. The monoisotopic (exact) mass is 415 g/mol. The Morgan fingerprint density at radius 2 is 1.83 bits per heavy atom. The number of anilines is 1. The van der Waals surface area contributed by atoms with E-state index in [1.54, 1.807) is 30.6 Å². The molecule has 0 aliphatic carbocycles. The highest BCUT2D eigenvalue weighted by Gasteiger charge is 2.16. The van der Waals surface area contributed by atoms with E-state index in [-0.39, 0.29) is 12.2 Å². The van der Waals surface area contributed by atoms with Crippen LogP contribution in [0.3, 0.4) is 0 Å². The molecule has 154 valence electrons. The predicted octanol–water partition coefficient (Wildman–Crippen LogP) is 3.45. The molecule has 0 aliphatic heterocycles. The van der Waals surface area contributed by atoms with Crippen molar-refractivity contribution in [2.75, 3.05) is 11.9 Å². The minimum atomic E-state index is -1.69. The Morgan fingerprint density at radius 1 is 1.00 bits per heavy atom.